The van der Waals surface area contributed by atoms with Gasteiger partial charge in [-0.1, -0.05) is 31.6 Å². The molecule has 5 nitrogen and oxygen atoms in total. The van der Waals surface area contributed by atoms with Gasteiger partial charge in [-0.15, -0.1) is 0 Å². The Labute approximate surface area is 146 Å². The molecule has 3 aromatic rings. The second-order valence-electron chi connectivity index (χ2n) is 7.14. The van der Waals surface area contributed by atoms with Crippen molar-refractivity contribution in [1.29, 1.82) is 0 Å². The monoisotopic (exact) mass is 334 g/mol. The van der Waals surface area contributed by atoms with Crippen LogP contribution in [-0.2, 0) is 0 Å². The standard InChI is InChI=1S/C20H22N4O/c1-12(16-5-4-6-18-17(16)10-21-23-18)7-15-8-13(2)20-22-14(3)9-19(25)24(20)11-15/h4-6,9-13H,7-8H2,1-3H3,(H,21,23). The van der Waals surface area contributed by atoms with Gasteiger partial charge in [-0.3, -0.25) is 14.5 Å². The van der Waals surface area contributed by atoms with E-state index in [2.05, 4.69) is 41.2 Å². The molecule has 0 saturated carbocycles. The van der Waals surface area contributed by atoms with E-state index in [0.29, 0.717) is 5.92 Å². The molecule has 0 spiro atoms. The zero-order chi connectivity index (χ0) is 17.6. The van der Waals surface area contributed by atoms with Gasteiger partial charge < -0.3 is 0 Å². The predicted octanol–water partition coefficient (Wildman–Crippen LogP) is 3.97. The molecule has 1 aliphatic rings. The number of aryl methyl sites for hydroxylation is 1. The lowest BCUT2D eigenvalue weighted by atomic mass is 9.87. The molecule has 128 valence electrons. The van der Waals surface area contributed by atoms with Gasteiger partial charge in [-0.2, -0.15) is 5.10 Å². The maximum atomic E-state index is 12.3. The van der Waals surface area contributed by atoms with E-state index in [4.69, 9.17) is 0 Å². The zero-order valence-electron chi connectivity index (χ0n) is 14.8. The van der Waals surface area contributed by atoms with E-state index in [1.165, 1.54) is 16.5 Å². The summed E-state index contributed by atoms with van der Waals surface area (Å²) in [5.74, 6) is 1.48. The third kappa shape index (κ3) is 2.80. The van der Waals surface area contributed by atoms with Gasteiger partial charge in [0.1, 0.15) is 5.82 Å². The Morgan fingerprint density at radius 3 is 3.08 bits per heavy atom. The normalized spacial score (nSPS) is 18.0. The Bertz CT molecular complexity index is 1030. The number of H-pyrrole nitrogens is 1. The van der Waals surface area contributed by atoms with Crippen LogP contribution in [0.2, 0.25) is 0 Å². The minimum atomic E-state index is 0.0103. The lowest BCUT2D eigenvalue weighted by Crippen LogP contribution is -2.26. The van der Waals surface area contributed by atoms with Crippen LogP contribution in [-0.4, -0.2) is 19.7 Å². The van der Waals surface area contributed by atoms with Crippen molar-refractivity contribution in [3.8, 4) is 0 Å². The van der Waals surface area contributed by atoms with Gasteiger partial charge in [0.15, 0.2) is 0 Å². The van der Waals surface area contributed by atoms with Crippen molar-refractivity contribution in [1.82, 2.24) is 19.7 Å². The summed E-state index contributed by atoms with van der Waals surface area (Å²) in [7, 11) is 0. The Morgan fingerprint density at radius 1 is 1.40 bits per heavy atom. The molecule has 1 aromatic carbocycles. The van der Waals surface area contributed by atoms with Crippen LogP contribution >= 0.6 is 0 Å². The highest BCUT2D eigenvalue weighted by Crippen LogP contribution is 2.34. The van der Waals surface area contributed by atoms with E-state index in [9.17, 15) is 4.79 Å². The van der Waals surface area contributed by atoms with E-state index in [0.717, 1.165) is 29.9 Å². The summed E-state index contributed by atoms with van der Waals surface area (Å²) in [6.07, 6.45) is 5.76. The number of allylic oxidation sites excluding steroid dienone is 1. The molecular formula is C20H22N4O. The zero-order valence-corrected chi connectivity index (χ0v) is 14.8. The molecule has 25 heavy (non-hydrogen) atoms. The molecule has 1 aliphatic heterocycles. The van der Waals surface area contributed by atoms with E-state index >= 15 is 0 Å². The van der Waals surface area contributed by atoms with Crippen LogP contribution in [0.4, 0.5) is 0 Å². The highest BCUT2D eigenvalue weighted by Gasteiger charge is 2.22. The summed E-state index contributed by atoms with van der Waals surface area (Å²) in [6, 6.07) is 7.88. The number of aromatic amines is 1. The van der Waals surface area contributed by atoms with Crippen LogP contribution in [0.25, 0.3) is 17.1 Å². The van der Waals surface area contributed by atoms with E-state index in [-0.39, 0.29) is 11.5 Å². The maximum Gasteiger partial charge on any atom is 0.257 e. The van der Waals surface area contributed by atoms with Crippen LogP contribution in [0.15, 0.2) is 40.8 Å². The molecule has 0 saturated heterocycles. The van der Waals surface area contributed by atoms with Gasteiger partial charge >= 0.3 is 0 Å². The molecule has 1 N–H and O–H groups in total. The molecule has 0 aliphatic carbocycles. The Hall–Kier alpha value is -2.69. The number of hydrogen-bond donors (Lipinski definition) is 1. The topological polar surface area (TPSA) is 63.6 Å². The summed E-state index contributed by atoms with van der Waals surface area (Å²) in [6.45, 7) is 6.26. The molecule has 2 aromatic heterocycles. The molecule has 2 atom stereocenters. The molecule has 2 unspecified atom stereocenters. The van der Waals surface area contributed by atoms with Crippen molar-refractivity contribution in [3.63, 3.8) is 0 Å². The van der Waals surface area contributed by atoms with Crippen molar-refractivity contribution >= 4 is 17.1 Å². The highest BCUT2D eigenvalue weighted by atomic mass is 16.1. The van der Waals surface area contributed by atoms with Crippen LogP contribution in [0.5, 0.6) is 0 Å². The van der Waals surface area contributed by atoms with E-state index in [1.54, 1.807) is 10.6 Å². The molecule has 0 amide bonds. The summed E-state index contributed by atoms with van der Waals surface area (Å²) >= 11 is 0. The molecule has 5 heteroatoms. The van der Waals surface area contributed by atoms with Gasteiger partial charge in [0.05, 0.1) is 11.7 Å². The lowest BCUT2D eigenvalue weighted by Gasteiger charge is -2.25. The molecular weight excluding hydrogens is 312 g/mol. The second kappa shape index (κ2) is 5.99. The number of rotatable bonds is 3. The van der Waals surface area contributed by atoms with Gasteiger partial charge in [-0.05, 0) is 37.3 Å². The number of benzene rings is 1. The molecule has 0 bridgehead atoms. The van der Waals surface area contributed by atoms with Crippen molar-refractivity contribution in [3.05, 3.63) is 63.5 Å². The first-order chi connectivity index (χ1) is 12.0. The van der Waals surface area contributed by atoms with Crippen LogP contribution < -0.4 is 5.56 Å². The average molecular weight is 334 g/mol. The number of hydrogen-bond acceptors (Lipinski definition) is 3. The van der Waals surface area contributed by atoms with Gasteiger partial charge in [0.25, 0.3) is 5.56 Å². The SMILES string of the molecule is Cc1cc(=O)n2c(n1)C(C)CC(CC(C)c1cccc3[nH]ncc13)=C2. The smallest absolute Gasteiger partial charge is 0.257 e. The Kier molecular flexibility index (Phi) is 3.79. The largest absolute Gasteiger partial charge is 0.278 e. The second-order valence-corrected chi connectivity index (χ2v) is 7.14. The maximum absolute atomic E-state index is 12.3. The average Bonchev–Trinajstić information content (AvgIpc) is 3.04. The first-order valence-electron chi connectivity index (χ1n) is 8.74. The first kappa shape index (κ1) is 15.8. The van der Waals surface area contributed by atoms with Crippen LogP contribution in [0, 0.1) is 6.92 Å². The van der Waals surface area contributed by atoms with E-state index in [1.807, 2.05) is 25.4 Å². The van der Waals surface area contributed by atoms with Crippen LogP contribution in [0.3, 0.4) is 0 Å². The number of aromatic nitrogens is 4. The first-order valence-corrected chi connectivity index (χ1v) is 8.74. The van der Waals surface area contributed by atoms with Gasteiger partial charge in [0, 0.05) is 29.3 Å². The third-order valence-corrected chi connectivity index (χ3v) is 5.05. The van der Waals surface area contributed by atoms with E-state index < -0.39 is 0 Å². The number of nitrogens with one attached hydrogen (secondary N) is 1. The third-order valence-electron chi connectivity index (χ3n) is 5.05. The molecule has 0 radical (unpaired) electrons. The quantitative estimate of drug-likeness (QED) is 0.788. The fourth-order valence-electron chi connectivity index (χ4n) is 3.89. The Morgan fingerprint density at radius 2 is 2.24 bits per heavy atom. The van der Waals surface area contributed by atoms with Gasteiger partial charge in [0.2, 0.25) is 0 Å². The summed E-state index contributed by atoms with van der Waals surface area (Å²) in [5, 5.41) is 8.37. The molecule has 0 fully saturated rings. The van der Waals surface area contributed by atoms with Crippen molar-refractivity contribution in [2.24, 2.45) is 0 Å². The van der Waals surface area contributed by atoms with Crippen molar-refractivity contribution < 1.29 is 0 Å². The van der Waals surface area contributed by atoms with Gasteiger partial charge in [-0.25, -0.2) is 4.98 Å². The van der Waals surface area contributed by atoms with Crippen LogP contribution in [0.1, 0.15) is 55.6 Å². The minimum absolute atomic E-state index is 0.0103. The fraction of sp³-hybridized carbons (Fsp3) is 0.350. The lowest BCUT2D eigenvalue weighted by molar-refractivity contribution is 0.602. The summed E-state index contributed by atoms with van der Waals surface area (Å²) in [4.78, 5) is 16.9. The highest BCUT2D eigenvalue weighted by molar-refractivity contribution is 5.82. The number of nitrogens with zero attached hydrogens (tertiary/aromatic N) is 3. The number of fused-ring (bicyclic) bond motifs is 2. The van der Waals surface area contributed by atoms with Crippen molar-refractivity contribution in [2.75, 3.05) is 0 Å². The minimum Gasteiger partial charge on any atom is -0.278 e. The Balaban J connectivity index is 1.68. The summed E-state index contributed by atoms with van der Waals surface area (Å²) in [5.41, 5.74) is 4.45. The predicted molar refractivity (Wildman–Crippen MR) is 99.7 cm³/mol. The fourth-order valence-corrected chi connectivity index (χ4v) is 3.89. The molecule has 3 heterocycles. The van der Waals surface area contributed by atoms with Crippen molar-refractivity contribution in [2.45, 2.75) is 45.4 Å². The summed E-state index contributed by atoms with van der Waals surface area (Å²) < 4.78 is 1.72. The molecule has 4 rings (SSSR count).